The number of aldehydes is 1. The second kappa shape index (κ2) is 5.00. The molecule has 0 N–H and O–H groups in total. The second-order valence-electron chi connectivity index (χ2n) is 5.66. The zero-order valence-electron chi connectivity index (χ0n) is 10.9. The van der Waals surface area contributed by atoms with Gasteiger partial charge in [0.25, 0.3) is 0 Å². The van der Waals surface area contributed by atoms with Crippen LogP contribution < -0.4 is 4.90 Å². The minimum absolute atomic E-state index is 0.570. The summed E-state index contributed by atoms with van der Waals surface area (Å²) in [5, 5.41) is 1.08. The Balaban J connectivity index is 1.80. The predicted molar refractivity (Wildman–Crippen MR) is 74.7 cm³/mol. The Bertz CT molecular complexity index is 439. The molecule has 1 atom stereocenters. The largest absolute Gasteiger partial charge is 0.348 e. The predicted octanol–water partition coefficient (Wildman–Crippen LogP) is 3.46. The first-order valence-electron chi connectivity index (χ1n) is 6.98. The Kier molecular flexibility index (Phi) is 3.37. The fourth-order valence-corrected chi connectivity index (χ4v) is 3.67. The van der Waals surface area contributed by atoms with Gasteiger partial charge in [0.1, 0.15) is 0 Å². The summed E-state index contributed by atoms with van der Waals surface area (Å²) < 4.78 is 0. The van der Waals surface area contributed by atoms with Crippen molar-refractivity contribution in [1.29, 1.82) is 0 Å². The number of aromatic nitrogens is 1. The van der Waals surface area contributed by atoms with E-state index in [-0.39, 0.29) is 0 Å². The first-order chi connectivity index (χ1) is 8.78. The molecule has 1 aromatic rings. The van der Waals surface area contributed by atoms with E-state index in [1.54, 1.807) is 11.3 Å². The van der Waals surface area contributed by atoms with Gasteiger partial charge in [-0.2, -0.15) is 0 Å². The maximum atomic E-state index is 11.1. The molecule has 2 heterocycles. The van der Waals surface area contributed by atoms with E-state index in [9.17, 15) is 4.79 Å². The van der Waals surface area contributed by atoms with Crippen molar-refractivity contribution in [3.05, 3.63) is 10.6 Å². The van der Waals surface area contributed by atoms with E-state index >= 15 is 0 Å². The Morgan fingerprint density at radius 2 is 2.11 bits per heavy atom. The molecule has 0 radical (unpaired) electrons. The highest BCUT2D eigenvalue weighted by atomic mass is 32.1. The van der Waals surface area contributed by atoms with Crippen LogP contribution in [0.25, 0.3) is 0 Å². The summed E-state index contributed by atoms with van der Waals surface area (Å²) in [6.45, 7) is 4.52. The molecule has 0 aromatic carbocycles. The Hall–Kier alpha value is -0.900. The minimum atomic E-state index is 0.570. The van der Waals surface area contributed by atoms with Crippen LogP contribution in [0, 0.1) is 5.92 Å². The van der Waals surface area contributed by atoms with Gasteiger partial charge in [0.2, 0.25) is 0 Å². The quantitative estimate of drug-likeness (QED) is 0.784. The van der Waals surface area contributed by atoms with E-state index in [4.69, 9.17) is 4.98 Å². The summed E-state index contributed by atoms with van der Waals surface area (Å²) in [5.74, 6) is 1.39. The van der Waals surface area contributed by atoms with Gasteiger partial charge < -0.3 is 4.90 Å². The molecular weight excluding hydrogens is 244 g/mol. The maximum Gasteiger partial charge on any atom is 0.186 e. The molecule has 0 bridgehead atoms. The van der Waals surface area contributed by atoms with E-state index in [0.29, 0.717) is 5.92 Å². The molecule has 1 aliphatic carbocycles. The van der Waals surface area contributed by atoms with Crippen LogP contribution in [0.5, 0.6) is 0 Å². The van der Waals surface area contributed by atoms with E-state index in [2.05, 4.69) is 11.8 Å². The molecule has 0 amide bonds. The van der Waals surface area contributed by atoms with E-state index in [1.165, 1.54) is 32.1 Å². The molecule has 1 saturated carbocycles. The van der Waals surface area contributed by atoms with Gasteiger partial charge >= 0.3 is 0 Å². The third-order valence-electron chi connectivity index (χ3n) is 4.03. The Labute approximate surface area is 112 Å². The number of thiazole rings is 1. The Morgan fingerprint density at radius 1 is 1.28 bits per heavy atom. The molecule has 1 saturated heterocycles. The standard InChI is InChI=1S/C14H20N2OS/c1-10-3-2-7-16(8-6-10)14-15-13(11-4-5-11)12(9-17)18-14/h9-11H,2-8H2,1H3. The molecule has 3 rings (SSSR count). The number of rotatable bonds is 3. The van der Waals surface area contributed by atoms with Crippen molar-refractivity contribution in [2.45, 2.75) is 44.9 Å². The monoisotopic (exact) mass is 264 g/mol. The minimum Gasteiger partial charge on any atom is -0.348 e. The molecule has 98 valence electrons. The van der Waals surface area contributed by atoms with Gasteiger partial charge in [0.05, 0.1) is 10.6 Å². The fourth-order valence-electron chi connectivity index (χ4n) is 2.65. The first-order valence-corrected chi connectivity index (χ1v) is 7.80. The van der Waals surface area contributed by atoms with Crippen molar-refractivity contribution in [2.24, 2.45) is 5.92 Å². The van der Waals surface area contributed by atoms with Gasteiger partial charge in [0, 0.05) is 19.0 Å². The topological polar surface area (TPSA) is 33.2 Å². The summed E-state index contributed by atoms with van der Waals surface area (Å²) >= 11 is 1.59. The normalized spacial score (nSPS) is 24.9. The lowest BCUT2D eigenvalue weighted by atomic mass is 10.0. The van der Waals surface area contributed by atoms with Crippen LogP contribution in [0.2, 0.25) is 0 Å². The van der Waals surface area contributed by atoms with Crippen molar-refractivity contribution in [2.75, 3.05) is 18.0 Å². The van der Waals surface area contributed by atoms with Crippen LogP contribution in [0.4, 0.5) is 5.13 Å². The maximum absolute atomic E-state index is 11.1. The van der Waals surface area contributed by atoms with E-state index < -0.39 is 0 Å². The van der Waals surface area contributed by atoms with Gasteiger partial charge in [-0.15, -0.1) is 0 Å². The number of hydrogen-bond donors (Lipinski definition) is 0. The van der Waals surface area contributed by atoms with Crippen molar-refractivity contribution in [3.63, 3.8) is 0 Å². The molecular formula is C14H20N2OS. The zero-order chi connectivity index (χ0) is 12.5. The SMILES string of the molecule is CC1CCCN(c2nc(C3CC3)c(C=O)s2)CC1. The van der Waals surface area contributed by atoms with Crippen molar-refractivity contribution < 1.29 is 4.79 Å². The average Bonchev–Trinajstić information content (AvgIpc) is 3.16. The van der Waals surface area contributed by atoms with Gasteiger partial charge in [-0.1, -0.05) is 18.3 Å². The van der Waals surface area contributed by atoms with Crippen molar-refractivity contribution in [1.82, 2.24) is 4.98 Å². The summed E-state index contributed by atoms with van der Waals surface area (Å²) in [5.41, 5.74) is 1.07. The van der Waals surface area contributed by atoms with Crippen LogP contribution >= 0.6 is 11.3 Å². The third-order valence-corrected chi connectivity index (χ3v) is 5.09. The highest BCUT2D eigenvalue weighted by Gasteiger charge is 2.30. The lowest BCUT2D eigenvalue weighted by Crippen LogP contribution is -2.23. The molecule has 1 unspecified atom stereocenters. The summed E-state index contributed by atoms with van der Waals surface area (Å²) in [7, 11) is 0. The molecule has 1 aliphatic heterocycles. The second-order valence-corrected chi connectivity index (χ2v) is 6.67. The zero-order valence-corrected chi connectivity index (χ0v) is 11.7. The summed E-state index contributed by atoms with van der Waals surface area (Å²) in [6, 6.07) is 0. The molecule has 18 heavy (non-hydrogen) atoms. The molecule has 2 aliphatic rings. The van der Waals surface area contributed by atoms with Gasteiger partial charge in [-0.25, -0.2) is 4.98 Å². The Morgan fingerprint density at radius 3 is 2.83 bits per heavy atom. The molecule has 1 aromatic heterocycles. The van der Waals surface area contributed by atoms with Crippen LogP contribution in [0.1, 0.15) is 60.3 Å². The molecule has 4 heteroatoms. The highest BCUT2D eigenvalue weighted by molar-refractivity contribution is 7.17. The number of carbonyl (C=O) groups excluding carboxylic acids is 1. The summed E-state index contributed by atoms with van der Waals surface area (Å²) in [4.78, 5) is 19.1. The van der Waals surface area contributed by atoms with Gasteiger partial charge in [0.15, 0.2) is 11.4 Å². The van der Waals surface area contributed by atoms with Crippen LogP contribution in [0.15, 0.2) is 0 Å². The third kappa shape index (κ3) is 2.44. The highest BCUT2D eigenvalue weighted by Crippen LogP contribution is 2.43. The number of carbonyl (C=O) groups is 1. The smallest absolute Gasteiger partial charge is 0.186 e. The van der Waals surface area contributed by atoms with Gasteiger partial charge in [-0.05, 0) is 38.0 Å². The first kappa shape index (κ1) is 12.2. The molecule has 3 nitrogen and oxygen atoms in total. The number of nitrogens with zero attached hydrogens (tertiary/aromatic N) is 2. The average molecular weight is 264 g/mol. The van der Waals surface area contributed by atoms with Crippen LogP contribution in [0.3, 0.4) is 0 Å². The fraction of sp³-hybridized carbons (Fsp3) is 0.714. The van der Waals surface area contributed by atoms with E-state index in [0.717, 1.165) is 41.0 Å². The number of hydrogen-bond acceptors (Lipinski definition) is 4. The molecule has 0 spiro atoms. The number of anilines is 1. The van der Waals surface area contributed by atoms with E-state index in [1.807, 2.05) is 0 Å². The molecule has 2 fully saturated rings. The van der Waals surface area contributed by atoms with Crippen LogP contribution in [-0.4, -0.2) is 24.4 Å². The summed E-state index contributed by atoms with van der Waals surface area (Å²) in [6.07, 6.45) is 7.22. The lowest BCUT2D eigenvalue weighted by molar-refractivity contribution is 0.112. The van der Waals surface area contributed by atoms with Crippen LogP contribution in [-0.2, 0) is 0 Å². The lowest BCUT2D eigenvalue weighted by Gasteiger charge is -2.18. The van der Waals surface area contributed by atoms with Gasteiger partial charge in [-0.3, -0.25) is 4.79 Å². The van der Waals surface area contributed by atoms with Crippen molar-refractivity contribution in [3.8, 4) is 0 Å². The van der Waals surface area contributed by atoms with Crippen molar-refractivity contribution >= 4 is 22.8 Å².